The Labute approximate surface area is 93.9 Å². The summed E-state index contributed by atoms with van der Waals surface area (Å²) in [5.74, 6) is 0.0305. The standard InChI is InChI=1S/C13H12N2O/c1-9-11(6-7-14)12-5-3-4-8-15(12)13(9)10(2)16/h3-5,8H,6H2,1-2H3. The Morgan fingerprint density at radius 2 is 2.25 bits per heavy atom. The van der Waals surface area contributed by atoms with Gasteiger partial charge in [0.05, 0.1) is 23.7 Å². The average molecular weight is 212 g/mol. The van der Waals surface area contributed by atoms with E-state index in [1.165, 1.54) is 0 Å². The molecule has 16 heavy (non-hydrogen) atoms. The third kappa shape index (κ3) is 1.40. The van der Waals surface area contributed by atoms with Gasteiger partial charge in [0.2, 0.25) is 0 Å². The zero-order valence-corrected chi connectivity index (χ0v) is 9.32. The summed E-state index contributed by atoms with van der Waals surface area (Å²) in [6.07, 6.45) is 2.20. The van der Waals surface area contributed by atoms with Crippen LogP contribution in [0.2, 0.25) is 0 Å². The van der Waals surface area contributed by atoms with Crippen molar-refractivity contribution in [3.63, 3.8) is 0 Å². The first-order chi connectivity index (χ1) is 7.66. The predicted molar refractivity (Wildman–Crippen MR) is 61.5 cm³/mol. The number of Topliss-reactive ketones (excluding diaryl/α,β-unsaturated/α-hetero) is 1. The van der Waals surface area contributed by atoms with Gasteiger partial charge in [-0.05, 0) is 30.2 Å². The average Bonchev–Trinajstić information content (AvgIpc) is 2.53. The smallest absolute Gasteiger partial charge is 0.176 e. The molecule has 2 aromatic heterocycles. The monoisotopic (exact) mass is 212 g/mol. The predicted octanol–water partition coefficient (Wildman–Crippen LogP) is 2.52. The summed E-state index contributed by atoms with van der Waals surface area (Å²) in [4.78, 5) is 11.6. The van der Waals surface area contributed by atoms with E-state index in [1.807, 2.05) is 35.7 Å². The summed E-state index contributed by atoms with van der Waals surface area (Å²) in [7, 11) is 0. The van der Waals surface area contributed by atoms with E-state index in [4.69, 9.17) is 5.26 Å². The van der Waals surface area contributed by atoms with E-state index < -0.39 is 0 Å². The van der Waals surface area contributed by atoms with Gasteiger partial charge in [0.15, 0.2) is 5.78 Å². The van der Waals surface area contributed by atoms with Gasteiger partial charge in [-0.2, -0.15) is 5.26 Å². The normalized spacial score (nSPS) is 10.3. The Morgan fingerprint density at radius 3 is 2.88 bits per heavy atom. The SMILES string of the molecule is CC(=O)c1c(C)c(CC#N)c2ccccn12. The van der Waals surface area contributed by atoms with Crippen molar-refractivity contribution in [3.05, 3.63) is 41.2 Å². The van der Waals surface area contributed by atoms with Crippen molar-refractivity contribution >= 4 is 11.3 Å². The molecule has 0 aliphatic carbocycles. The fraction of sp³-hybridized carbons (Fsp3) is 0.231. The van der Waals surface area contributed by atoms with E-state index in [-0.39, 0.29) is 5.78 Å². The minimum atomic E-state index is 0.0305. The van der Waals surface area contributed by atoms with Gasteiger partial charge in [0.1, 0.15) is 0 Å². The second kappa shape index (κ2) is 3.82. The highest BCUT2D eigenvalue weighted by Crippen LogP contribution is 2.23. The highest BCUT2D eigenvalue weighted by molar-refractivity contribution is 5.96. The van der Waals surface area contributed by atoms with Gasteiger partial charge in [0, 0.05) is 13.1 Å². The van der Waals surface area contributed by atoms with E-state index in [9.17, 15) is 4.79 Å². The lowest BCUT2D eigenvalue weighted by atomic mass is 10.1. The number of pyridine rings is 1. The topological polar surface area (TPSA) is 45.3 Å². The minimum Gasteiger partial charge on any atom is -0.313 e. The van der Waals surface area contributed by atoms with Gasteiger partial charge in [-0.15, -0.1) is 0 Å². The molecule has 0 saturated carbocycles. The summed E-state index contributed by atoms with van der Waals surface area (Å²) in [6.45, 7) is 3.45. The van der Waals surface area contributed by atoms with Crippen molar-refractivity contribution in [3.8, 4) is 6.07 Å². The van der Waals surface area contributed by atoms with E-state index in [0.29, 0.717) is 12.1 Å². The summed E-state index contributed by atoms with van der Waals surface area (Å²) >= 11 is 0. The van der Waals surface area contributed by atoms with Crippen molar-refractivity contribution in [1.82, 2.24) is 4.40 Å². The molecule has 0 bridgehead atoms. The van der Waals surface area contributed by atoms with Crippen LogP contribution in [-0.2, 0) is 6.42 Å². The Bertz CT molecular complexity index is 602. The number of hydrogen-bond donors (Lipinski definition) is 0. The first kappa shape index (κ1) is 10.4. The second-order valence-corrected chi connectivity index (χ2v) is 3.80. The summed E-state index contributed by atoms with van der Waals surface area (Å²) in [6, 6.07) is 7.88. The van der Waals surface area contributed by atoms with E-state index >= 15 is 0 Å². The van der Waals surface area contributed by atoms with Gasteiger partial charge >= 0.3 is 0 Å². The zero-order valence-electron chi connectivity index (χ0n) is 9.32. The molecule has 2 heterocycles. The molecule has 0 unspecified atom stereocenters. The highest BCUT2D eigenvalue weighted by Gasteiger charge is 2.16. The number of hydrogen-bond acceptors (Lipinski definition) is 2. The molecule has 0 fully saturated rings. The van der Waals surface area contributed by atoms with Crippen molar-refractivity contribution in [2.45, 2.75) is 20.3 Å². The first-order valence-electron chi connectivity index (χ1n) is 5.13. The van der Waals surface area contributed by atoms with Crippen molar-refractivity contribution in [2.24, 2.45) is 0 Å². The maximum Gasteiger partial charge on any atom is 0.176 e. The van der Waals surface area contributed by atoms with Gasteiger partial charge in [-0.3, -0.25) is 4.79 Å². The van der Waals surface area contributed by atoms with Gasteiger partial charge in [-0.25, -0.2) is 0 Å². The van der Waals surface area contributed by atoms with E-state index in [1.54, 1.807) is 6.92 Å². The quantitative estimate of drug-likeness (QED) is 0.718. The third-order valence-electron chi connectivity index (χ3n) is 2.81. The Morgan fingerprint density at radius 1 is 1.50 bits per heavy atom. The van der Waals surface area contributed by atoms with Gasteiger partial charge in [-0.1, -0.05) is 6.07 Å². The molecule has 0 spiro atoms. The van der Waals surface area contributed by atoms with Crippen LogP contribution in [0.3, 0.4) is 0 Å². The van der Waals surface area contributed by atoms with E-state index in [2.05, 4.69) is 6.07 Å². The fourth-order valence-electron chi connectivity index (χ4n) is 2.14. The van der Waals surface area contributed by atoms with Crippen molar-refractivity contribution < 1.29 is 4.79 Å². The molecule has 3 nitrogen and oxygen atoms in total. The van der Waals surface area contributed by atoms with Crippen LogP contribution in [0.15, 0.2) is 24.4 Å². The van der Waals surface area contributed by atoms with Crippen LogP contribution in [0.1, 0.15) is 28.5 Å². The molecular weight excluding hydrogens is 200 g/mol. The highest BCUT2D eigenvalue weighted by atomic mass is 16.1. The zero-order chi connectivity index (χ0) is 11.7. The molecule has 2 rings (SSSR count). The van der Waals surface area contributed by atoms with Crippen LogP contribution >= 0.6 is 0 Å². The lowest BCUT2D eigenvalue weighted by molar-refractivity contribution is 0.101. The van der Waals surface area contributed by atoms with Crippen LogP contribution in [0.4, 0.5) is 0 Å². The van der Waals surface area contributed by atoms with Crippen molar-refractivity contribution in [2.75, 3.05) is 0 Å². The van der Waals surface area contributed by atoms with Crippen LogP contribution in [0, 0.1) is 18.3 Å². The van der Waals surface area contributed by atoms with E-state index in [0.717, 1.165) is 16.6 Å². The molecule has 0 saturated heterocycles. The first-order valence-corrected chi connectivity index (χ1v) is 5.13. The third-order valence-corrected chi connectivity index (χ3v) is 2.81. The number of nitriles is 1. The Balaban J connectivity index is 2.86. The molecule has 0 atom stereocenters. The lowest BCUT2D eigenvalue weighted by Crippen LogP contribution is -1.99. The Hall–Kier alpha value is -2.08. The number of carbonyl (C=O) groups is 1. The summed E-state index contributed by atoms with van der Waals surface area (Å²) < 4.78 is 1.87. The molecule has 0 N–H and O–H groups in total. The summed E-state index contributed by atoms with van der Waals surface area (Å²) in [5.41, 5.74) is 3.50. The number of ketones is 1. The van der Waals surface area contributed by atoms with Gasteiger partial charge < -0.3 is 4.40 Å². The molecule has 80 valence electrons. The second-order valence-electron chi connectivity index (χ2n) is 3.80. The number of nitrogens with zero attached hydrogens (tertiary/aromatic N) is 2. The molecule has 0 aromatic carbocycles. The molecule has 3 heteroatoms. The lowest BCUT2D eigenvalue weighted by Gasteiger charge is -1.98. The number of fused-ring (bicyclic) bond motifs is 1. The molecular formula is C13H12N2O. The fourth-order valence-corrected chi connectivity index (χ4v) is 2.14. The van der Waals surface area contributed by atoms with Gasteiger partial charge in [0.25, 0.3) is 0 Å². The van der Waals surface area contributed by atoms with Crippen LogP contribution in [0.25, 0.3) is 5.52 Å². The molecule has 2 aromatic rings. The Kier molecular flexibility index (Phi) is 2.49. The number of carbonyl (C=O) groups excluding carboxylic acids is 1. The van der Waals surface area contributed by atoms with Crippen LogP contribution in [0.5, 0.6) is 0 Å². The number of rotatable bonds is 2. The maximum absolute atomic E-state index is 11.6. The minimum absolute atomic E-state index is 0.0305. The largest absolute Gasteiger partial charge is 0.313 e. The maximum atomic E-state index is 11.6. The number of aromatic nitrogens is 1. The van der Waals surface area contributed by atoms with Crippen molar-refractivity contribution in [1.29, 1.82) is 5.26 Å². The molecule has 0 aliphatic heterocycles. The van der Waals surface area contributed by atoms with Crippen LogP contribution in [-0.4, -0.2) is 10.2 Å². The summed E-state index contributed by atoms with van der Waals surface area (Å²) in [5, 5.41) is 8.81. The molecule has 0 aliphatic rings. The molecule has 0 radical (unpaired) electrons. The van der Waals surface area contributed by atoms with Crippen LogP contribution < -0.4 is 0 Å². The molecule has 0 amide bonds.